The Morgan fingerprint density at radius 1 is 1.24 bits per heavy atom. The van der Waals surface area contributed by atoms with Gasteiger partial charge in [-0.3, -0.25) is 9.48 Å². The molecule has 25 heavy (non-hydrogen) atoms. The Morgan fingerprint density at radius 2 is 1.92 bits per heavy atom. The van der Waals surface area contributed by atoms with Gasteiger partial charge in [0.2, 0.25) is 0 Å². The zero-order chi connectivity index (χ0) is 18.4. The molecule has 0 aliphatic carbocycles. The van der Waals surface area contributed by atoms with E-state index in [1.807, 2.05) is 50.4 Å². The highest BCUT2D eigenvalue weighted by Crippen LogP contribution is 2.24. The van der Waals surface area contributed by atoms with E-state index in [1.54, 1.807) is 11.6 Å². The number of hydrogen-bond donors (Lipinski definition) is 2. The predicted molar refractivity (Wildman–Crippen MR) is 94.0 cm³/mol. The zero-order valence-corrected chi connectivity index (χ0v) is 15.0. The minimum absolute atomic E-state index is 0.125. The lowest BCUT2D eigenvalue weighted by Crippen LogP contribution is -2.47. The number of esters is 1. The second-order valence-corrected chi connectivity index (χ2v) is 6.13. The number of rotatable bonds is 6. The molecule has 0 bridgehead atoms. The fourth-order valence-electron chi connectivity index (χ4n) is 2.64. The molecule has 0 spiro atoms. The van der Waals surface area contributed by atoms with Gasteiger partial charge >= 0.3 is 12.0 Å². The molecule has 1 aromatic heterocycles. The first kappa shape index (κ1) is 18.5. The Morgan fingerprint density at radius 3 is 2.48 bits per heavy atom. The van der Waals surface area contributed by atoms with Gasteiger partial charge in [-0.25, -0.2) is 4.79 Å². The van der Waals surface area contributed by atoms with Crippen molar-refractivity contribution in [1.29, 1.82) is 0 Å². The first-order valence-electron chi connectivity index (χ1n) is 8.02. The monoisotopic (exact) mass is 344 g/mol. The van der Waals surface area contributed by atoms with Crippen molar-refractivity contribution >= 4 is 12.0 Å². The average molecular weight is 344 g/mol. The van der Waals surface area contributed by atoms with Gasteiger partial charge in [-0.05, 0) is 25.5 Å². The van der Waals surface area contributed by atoms with Gasteiger partial charge in [0.15, 0.2) is 0 Å². The van der Waals surface area contributed by atoms with Crippen LogP contribution in [0.3, 0.4) is 0 Å². The summed E-state index contributed by atoms with van der Waals surface area (Å²) < 4.78 is 6.65. The zero-order valence-electron chi connectivity index (χ0n) is 15.0. The van der Waals surface area contributed by atoms with E-state index in [-0.39, 0.29) is 12.6 Å². The molecule has 0 aliphatic heterocycles. The fraction of sp³-hybridized carbons (Fsp3) is 0.389. The SMILES string of the molecule is COC(=O)[C@@](C)(CNC(=O)NCc1cc(C)nn1C)c1ccccc1. The molecule has 2 amide bonds. The van der Waals surface area contributed by atoms with Crippen LogP contribution < -0.4 is 10.6 Å². The number of urea groups is 1. The molecule has 1 heterocycles. The molecule has 0 saturated carbocycles. The minimum atomic E-state index is -0.962. The van der Waals surface area contributed by atoms with Gasteiger partial charge < -0.3 is 15.4 Å². The van der Waals surface area contributed by atoms with Crippen LogP contribution >= 0.6 is 0 Å². The van der Waals surface area contributed by atoms with Gasteiger partial charge in [0.05, 0.1) is 25.0 Å². The van der Waals surface area contributed by atoms with Crippen molar-refractivity contribution in [2.45, 2.75) is 25.8 Å². The summed E-state index contributed by atoms with van der Waals surface area (Å²) >= 11 is 0. The summed E-state index contributed by atoms with van der Waals surface area (Å²) in [7, 11) is 3.17. The number of ether oxygens (including phenoxy) is 1. The molecule has 0 fully saturated rings. The molecule has 1 atom stereocenters. The van der Waals surface area contributed by atoms with Crippen LogP contribution in [0.15, 0.2) is 36.4 Å². The first-order valence-corrected chi connectivity index (χ1v) is 8.02. The number of carbonyl (C=O) groups is 2. The van der Waals surface area contributed by atoms with Gasteiger partial charge in [0, 0.05) is 13.6 Å². The second-order valence-electron chi connectivity index (χ2n) is 6.13. The molecule has 0 saturated heterocycles. The fourth-order valence-corrected chi connectivity index (χ4v) is 2.64. The second kappa shape index (κ2) is 7.83. The maximum atomic E-state index is 12.3. The number of aromatic nitrogens is 2. The molecular formula is C18H24N4O3. The lowest BCUT2D eigenvalue weighted by molar-refractivity contribution is -0.146. The van der Waals surface area contributed by atoms with Gasteiger partial charge in [-0.15, -0.1) is 0 Å². The summed E-state index contributed by atoms with van der Waals surface area (Å²) in [5.41, 5.74) is 1.61. The van der Waals surface area contributed by atoms with Crippen LogP contribution in [-0.2, 0) is 28.5 Å². The van der Waals surface area contributed by atoms with E-state index in [1.165, 1.54) is 7.11 Å². The van der Waals surface area contributed by atoms with Crippen LogP contribution in [0.1, 0.15) is 23.9 Å². The standard InChI is InChI=1S/C18H24N4O3/c1-13-10-15(22(3)21-13)11-19-17(24)20-12-18(2,16(23)25-4)14-8-6-5-7-9-14/h5-10H,11-12H2,1-4H3,(H2,19,20,24)/t18-/m0/s1. The molecule has 0 aliphatic rings. The highest BCUT2D eigenvalue weighted by Gasteiger charge is 2.36. The Hall–Kier alpha value is -2.83. The summed E-state index contributed by atoms with van der Waals surface area (Å²) in [6, 6.07) is 10.8. The summed E-state index contributed by atoms with van der Waals surface area (Å²) in [5.74, 6) is -0.402. The molecule has 0 radical (unpaired) electrons. The third kappa shape index (κ3) is 4.37. The number of hydrogen-bond acceptors (Lipinski definition) is 4. The summed E-state index contributed by atoms with van der Waals surface area (Å²) in [5, 5.41) is 9.76. The minimum Gasteiger partial charge on any atom is -0.468 e. The number of benzene rings is 1. The van der Waals surface area contributed by atoms with Crippen molar-refractivity contribution in [3.8, 4) is 0 Å². The van der Waals surface area contributed by atoms with Crippen molar-refractivity contribution in [3.05, 3.63) is 53.3 Å². The average Bonchev–Trinajstić information content (AvgIpc) is 2.95. The van der Waals surface area contributed by atoms with Crippen LogP contribution in [0, 0.1) is 6.92 Å². The van der Waals surface area contributed by atoms with Gasteiger partial charge in [0.25, 0.3) is 0 Å². The number of carbonyl (C=O) groups excluding carboxylic acids is 2. The van der Waals surface area contributed by atoms with E-state index >= 15 is 0 Å². The van der Waals surface area contributed by atoms with Crippen LogP contribution in [0.2, 0.25) is 0 Å². The van der Waals surface area contributed by atoms with Crippen LogP contribution in [0.25, 0.3) is 0 Å². The third-order valence-corrected chi connectivity index (χ3v) is 4.18. The maximum absolute atomic E-state index is 12.3. The Balaban J connectivity index is 1.99. The molecule has 0 unspecified atom stereocenters. The maximum Gasteiger partial charge on any atom is 0.317 e. The Kier molecular flexibility index (Phi) is 5.80. The highest BCUT2D eigenvalue weighted by molar-refractivity contribution is 5.84. The molecule has 2 rings (SSSR count). The highest BCUT2D eigenvalue weighted by atomic mass is 16.5. The van der Waals surface area contributed by atoms with E-state index in [0.29, 0.717) is 6.54 Å². The number of nitrogens with zero attached hydrogens (tertiary/aromatic N) is 2. The number of nitrogens with one attached hydrogen (secondary N) is 2. The molecule has 1 aromatic carbocycles. The number of aryl methyl sites for hydroxylation is 2. The molecule has 2 aromatic rings. The van der Waals surface area contributed by atoms with Crippen LogP contribution in [0.4, 0.5) is 4.79 Å². The van der Waals surface area contributed by atoms with E-state index in [2.05, 4.69) is 15.7 Å². The van der Waals surface area contributed by atoms with Gasteiger partial charge in [-0.1, -0.05) is 30.3 Å². The molecule has 7 nitrogen and oxygen atoms in total. The normalized spacial score (nSPS) is 13.0. The lowest BCUT2D eigenvalue weighted by Gasteiger charge is -2.27. The topological polar surface area (TPSA) is 85.2 Å². The Labute approximate surface area is 147 Å². The van der Waals surface area contributed by atoms with Crippen molar-refractivity contribution < 1.29 is 14.3 Å². The number of methoxy groups -OCH3 is 1. The summed E-state index contributed by atoms with van der Waals surface area (Å²) in [4.78, 5) is 24.4. The van der Waals surface area contributed by atoms with Gasteiger partial charge in [0.1, 0.15) is 5.41 Å². The molecule has 134 valence electrons. The third-order valence-electron chi connectivity index (χ3n) is 4.18. The molecule has 7 heteroatoms. The van der Waals surface area contributed by atoms with E-state index in [0.717, 1.165) is 17.0 Å². The van der Waals surface area contributed by atoms with Crippen molar-refractivity contribution in [3.63, 3.8) is 0 Å². The Bertz CT molecular complexity index is 742. The van der Waals surface area contributed by atoms with Crippen LogP contribution in [-0.4, -0.2) is 35.4 Å². The van der Waals surface area contributed by atoms with Crippen molar-refractivity contribution in [1.82, 2.24) is 20.4 Å². The lowest BCUT2D eigenvalue weighted by atomic mass is 9.82. The quantitative estimate of drug-likeness (QED) is 0.781. The van der Waals surface area contributed by atoms with Crippen molar-refractivity contribution in [2.75, 3.05) is 13.7 Å². The predicted octanol–water partition coefficient (Wildman–Crippen LogP) is 1.66. The van der Waals surface area contributed by atoms with E-state index < -0.39 is 11.4 Å². The smallest absolute Gasteiger partial charge is 0.317 e. The van der Waals surface area contributed by atoms with E-state index in [4.69, 9.17) is 4.74 Å². The summed E-state index contributed by atoms with van der Waals surface area (Å²) in [6.07, 6.45) is 0. The summed E-state index contributed by atoms with van der Waals surface area (Å²) in [6.45, 7) is 4.12. The molecular weight excluding hydrogens is 320 g/mol. The largest absolute Gasteiger partial charge is 0.468 e. The first-order chi connectivity index (χ1) is 11.9. The molecule has 2 N–H and O–H groups in total. The number of amides is 2. The van der Waals surface area contributed by atoms with Gasteiger partial charge in [-0.2, -0.15) is 5.10 Å². The van der Waals surface area contributed by atoms with Crippen molar-refractivity contribution in [2.24, 2.45) is 7.05 Å². The van der Waals surface area contributed by atoms with Crippen LogP contribution in [0.5, 0.6) is 0 Å². The van der Waals surface area contributed by atoms with E-state index in [9.17, 15) is 9.59 Å².